The van der Waals surface area contributed by atoms with Gasteiger partial charge in [0.1, 0.15) is 11.6 Å². The third kappa shape index (κ3) is 4.34. The molecule has 4 rings (SSSR count). The Kier molecular flexibility index (Phi) is 6.06. The average Bonchev–Trinajstić information content (AvgIpc) is 2.72. The molecule has 0 radical (unpaired) electrons. The van der Waals surface area contributed by atoms with Gasteiger partial charge in [0, 0.05) is 15.9 Å². The summed E-state index contributed by atoms with van der Waals surface area (Å²) in [6.45, 7) is 2.77. The normalized spacial score (nSPS) is 15.5. The van der Waals surface area contributed by atoms with Crippen molar-refractivity contribution in [2.24, 2.45) is 5.92 Å². The summed E-state index contributed by atoms with van der Waals surface area (Å²) >= 11 is 3.26. The molecule has 1 saturated heterocycles. The van der Waals surface area contributed by atoms with Crippen molar-refractivity contribution in [2.75, 3.05) is 39.6 Å². The second kappa shape index (κ2) is 8.73. The smallest absolute Gasteiger partial charge is 0.165 e. The van der Waals surface area contributed by atoms with Crippen molar-refractivity contribution >= 4 is 32.7 Å². The first-order valence-electron chi connectivity index (χ1n) is 9.86. The summed E-state index contributed by atoms with van der Waals surface area (Å²) in [5.74, 6) is 1.76. The minimum atomic E-state index is -0.421. The van der Waals surface area contributed by atoms with E-state index in [2.05, 4.69) is 37.8 Å². The highest BCUT2D eigenvalue weighted by Crippen LogP contribution is 2.35. The number of halogens is 2. The number of aromatic nitrogens is 2. The number of piperidine rings is 1. The van der Waals surface area contributed by atoms with Crippen LogP contribution in [-0.4, -0.2) is 48.7 Å². The first kappa shape index (κ1) is 20.8. The quantitative estimate of drug-likeness (QED) is 0.586. The van der Waals surface area contributed by atoms with Crippen LogP contribution < -0.4 is 15.2 Å². The van der Waals surface area contributed by atoms with Gasteiger partial charge in [-0.1, -0.05) is 15.9 Å². The number of rotatable bonds is 5. The minimum Gasteiger partial charge on any atom is -0.493 e. The Morgan fingerprint density at radius 2 is 1.93 bits per heavy atom. The molecule has 1 aliphatic rings. The van der Waals surface area contributed by atoms with E-state index in [0.29, 0.717) is 39.4 Å². The minimum absolute atomic E-state index is 0.233. The van der Waals surface area contributed by atoms with Crippen LogP contribution in [0.5, 0.6) is 11.5 Å². The van der Waals surface area contributed by atoms with E-state index in [1.54, 1.807) is 31.4 Å². The zero-order valence-corrected chi connectivity index (χ0v) is 18.6. The third-order valence-corrected chi connectivity index (χ3v) is 5.99. The van der Waals surface area contributed by atoms with E-state index in [0.717, 1.165) is 25.9 Å². The number of ether oxygens (including phenoxy) is 2. The Morgan fingerprint density at radius 3 is 2.63 bits per heavy atom. The lowest BCUT2D eigenvalue weighted by molar-refractivity contribution is 0.157. The molecule has 0 saturated carbocycles. The van der Waals surface area contributed by atoms with Crippen molar-refractivity contribution in [1.82, 2.24) is 14.9 Å². The van der Waals surface area contributed by atoms with Gasteiger partial charge in [-0.05, 0) is 63.2 Å². The Bertz CT molecular complexity index is 1070. The highest BCUT2D eigenvalue weighted by molar-refractivity contribution is 9.10. The molecule has 3 aromatic rings. The lowest BCUT2D eigenvalue weighted by Crippen LogP contribution is -2.32. The summed E-state index contributed by atoms with van der Waals surface area (Å²) in [5, 5.41) is 0.639. The lowest BCUT2D eigenvalue weighted by Gasteiger charge is -2.28. The summed E-state index contributed by atoms with van der Waals surface area (Å²) in [6, 6.07) is 8.31. The zero-order chi connectivity index (χ0) is 21.3. The first-order chi connectivity index (χ1) is 14.4. The molecule has 2 aromatic carbocycles. The summed E-state index contributed by atoms with van der Waals surface area (Å²) in [5.41, 5.74) is 7.04. The summed E-state index contributed by atoms with van der Waals surface area (Å²) in [6.07, 6.45) is 2.21. The highest BCUT2D eigenvalue weighted by Gasteiger charge is 2.19. The number of nitrogens with two attached hydrogens (primary N) is 1. The molecular weight excluding hydrogens is 451 g/mol. The molecule has 0 spiro atoms. The van der Waals surface area contributed by atoms with Crippen LogP contribution in [-0.2, 0) is 0 Å². The molecule has 158 valence electrons. The second-order valence-electron chi connectivity index (χ2n) is 7.63. The number of anilines is 1. The molecule has 0 unspecified atom stereocenters. The molecular formula is C22H24BrFN4O2. The van der Waals surface area contributed by atoms with Gasteiger partial charge in [-0.2, -0.15) is 0 Å². The maximum Gasteiger partial charge on any atom is 0.165 e. The van der Waals surface area contributed by atoms with E-state index in [1.165, 1.54) is 6.07 Å². The van der Waals surface area contributed by atoms with Gasteiger partial charge in [0.25, 0.3) is 0 Å². The number of nitrogen functional groups attached to an aromatic ring is 1. The van der Waals surface area contributed by atoms with Crippen molar-refractivity contribution in [3.05, 3.63) is 40.6 Å². The maximum atomic E-state index is 14.4. The molecule has 2 N–H and O–H groups in total. The fourth-order valence-electron chi connectivity index (χ4n) is 3.66. The van der Waals surface area contributed by atoms with Crippen molar-refractivity contribution in [2.45, 2.75) is 12.8 Å². The van der Waals surface area contributed by atoms with Crippen LogP contribution >= 0.6 is 15.9 Å². The van der Waals surface area contributed by atoms with Crippen LogP contribution in [0.4, 0.5) is 10.2 Å². The van der Waals surface area contributed by atoms with E-state index in [4.69, 9.17) is 15.2 Å². The Hall–Kier alpha value is -2.45. The number of benzene rings is 2. The molecule has 0 aliphatic carbocycles. The fourth-order valence-corrected chi connectivity index (χ4v) is 3.99. The number of hydrogen-bond donors (Lipinski definition) is 1. The molecule has 6 nitrogen and oxygen atoms in total. The monoisotopic (exact) mass is 474 g/mol. The second-order valence-corrected chi connectivity index (χ2v) is 8.55. The first-order valence-corrected chi connectivity index (χ1v) is 10.7. The maximum absolute atomic E-state index is 14.4. The Morgan fingerprint density at radius 1 is 1.17 bits per heavy atom. The van der Waals surface area contributed by atoms with Crippen molar-refractivity contribution in [3.63, 3.8) is 0 Å². The molecule has 0 atom stereocenters. The Labute approximate surface area is 183 Å². The molecule has 1 aromatic heterocycles. The zero-order valence-electron chi connectivity index (χ0n) is 17.0. The Balaban J connectivity index is 1.67. The van der Waals surface area contributed by atoms with Crippen LogP contribution in [0, 0.1) is 11.7 Å². The van der Waals surface area contributed by atoms with Crippen LogP contribution in [0.2, 0.25) is 0 Å². The van der Waals surface area contributed by atoms with E-state index in [9.17, 15) is 4.39 Å². The van der Waals surface area contributed by atoms with Gasteiger partial charge in [0.2, 0.25) is 0 Å². The standard InChI is InChI=1S/C22H24BrFN4O2/c1-28-7-5-13(6-8-28)12-30-20-11-18-16(10-19(20)29-2)21(25)27-22(26-18)15-4-3-14(23)9-17(15)24/h3-4,9-11,13H,5-8,12H2,1-2H3,(H2,25,26,27). The molecule has 1 aliphatic heterocycles. The summed E-state index contributed by atoms with van der Waals surface area (Å²) in [4.78, 5) is 11.2. The van der Waals surface area contributed by atoms with Gasteiger partial charge < -0.3 is 20.1 Å². The highest BCUT2D eigenvalue weighted by atomic mass is 79.9. The van der Waals surface area contributed by atoms with Crippen LogP contribution in [0.1, 0.15) is 12.8 Å². The van der Waals surface area contributed by atoms with E-state index < -0.39 is 5.82 Å². The van der Waals surface area contributed by atoms with Gasteiger partial charge in [-0.3, -0.25) is 0 Å². The fraction of sp³-hybridized carbons (Fsp3) is 0.364. The van der Waals surface area contributed by atoms with Crippen LogP contribution in [0.15, 0.2) is 34.8 Å². The SMILES string of the molecule is COc1cc2c(N)nc(-c3ccc(Br)cc3F)nc2cc1OCC1CCN(C)CC1. The van der Waals surface area contributed by atoms with Crippen LogP contribution in [0.25, 0.3) is 22.3 Å². The topological polar surface area (TPSA) is 73.5 Å². The van der Waals surface area contributed by atoms with Gasteiger partial charge >= 0.3 is 0 Å². The number of hydrogen-bond acceptors (Lipinski definition) is 6. The van der Waals surface area contributed by atoms with E-state index >= 15 is 0 Å². The third-order valence-electron chi connectivity index (χ3n) is 5.50. The van der Waals surface area contributed by atoms with Gasteiger partial charge in [0.15, 0.2) is 17.3 Å². The molecule has 0 bridgehead atoms. The van der Waals surface area contributed by atoms with E-state index in [-0.39, 0.29) is 17.2 Å². The predicted molar refractivity (Wildman–Crippen MR) is 119 cm³/mol. The molecule has 1 fully saturated rings. The number of likely N-dealkylation sites (tertiary alicyclic amines) is 1. The molecule has 2 heterocycles. The van der Waals surface area contributed by atoms with Crippen molar-refractivity contribution in [1.29, 1.82) is 0 Å². The predicted octanol–water partition coefficient (Wildman–Crippen LogP) is 4.51. The van der Waals surface area contributed by atoms with Gasteiger partial charge in [-0.25, -0.2) is 14.4 Å². The van der Waals surface area contributed by atoms with Crippen molar-refractivity contribution in [3.8, 4) is 22.9 Å². The number of methoxy groups -OCH3 is 1. The average molecular weight is 475 g/mol. The van der Waals surface area contributed by atoms with Gasteiger partial charge in [-0.15, -0.1) is 0 Å². The lowest BCUT2D eigenvalue weighted by atomic mass is 9.98. The largest absolute Gasteiger partial charge is 0.493 e. The van der Waals surface area contributed by atoms with E-state index in [1.807, 2.05) is 0 Å². The van der Waals surface area contributed by atoms with Crippen LogP contribution in [0.3, 0.4) is 0 Å². The summed E-state index contributed by atoms with van der Waals surface area (Å²) < 4.78 is 26.7. The number of nitrogens with zero attached hydrogens (tertiary/aromatic N) is 3. The van der Waals surface area contributed by atoms with Gasteiger partial charge in [0.05, 0.1) is 24.8 Å². The summed E-state index contributed by atoms with van der Waals surface area (Å²) in [7, 11) is 3.73. The molecule has 8 heteroatoms. The molecule has 30 heavy (non-hydrogen) atoms. The molecule has 0 amide bonds. The van der Waals surface area contributed by atoms with Crippen molar-refractivity contribution < 1.29 is 13.9 Å². The number of fused-ring (bicyclic) bond motifs is 1.